The lowest BCUT2D eigenvalue weighted by Crippen LogP contribution is -2.33. The van der Waals surface area contributed by atoms with E-state index in [2.05, 4.69) is 5.10 Å². The van der Waals surface area contributed by atoms with Gasteiger partial charge in [0.2, 0.25) is 0 Å². The number of halogens is 5. The Morgan fingerprint density at radius 2 is 1.66 bits per heavy atom. The summed E-state index contributed by atoms with van der Waals surface area (Å²) in [6.07, 6.45) is 1.86. The van der Waals surface area contributed by atoms with Crippen LogP contribution in [0.3, 0.4) is 0 Å². The van der Waals surface area contributed by atoms with Crippen molar-refractivity contribution in [1.29, 1.82) is 0 Å². The molecule has 1 aromatic heterocycles. The van der Waals surface area contributed by atoms with Crippen LogP contribution >= 0.6 is 0 Å². The van der Waals surface area contributed by atoms with Gasteiger partial charge in [0.15, 0.2) is 11.5 Å². The second-order valence-corrected chi connectivity index (χ2v) is 8.10. The molecule has 0 radical (unpaired) electrons. The summed E-state index contributed by atoms with van der Waals surface area (Å²) in [5.74, 6) is -4.04. The van der Waals surface area contributed by atoms with Crippen molar-refractivity contribution in [2.75, 3.05) is 23.6 Å². The Hall–Kier alpha value is -3.76. The predicted molar refractivity (Wildman–Crippen MR) is 121 cm³/mol. The molecule has 0 bridgehead atoms. The number of hydrogen-bond donors (Lipinski definition) is 0. The number of rotatable bonds is 7. The lowest BCUT2D eigenvalue weighted by molar-refractivity contribution is -0.289. The van der Waals surface area contributed by atoms with Gasteiger partial charge in [-0.1, -0.05) is 24.3 Å². The van der Waals surface area contributed by atoms with Crippen molar-refractivity contribution < 1.29 is 31.4 Å². The van der Waals surface area contributed by atoms with Gasteiger partial charge in [-0.05, 0) is 24.1 Å². The average molecular weight is 494 g/mol. The molecule has 4 rings (SSSR count). The molecule has 0 fully saturated rings. The first-order valence-corrected chi connectivity index (χ1v) is 10.6. The maximum atomic E-state index is 13.5. The number of aromatic nitrogens is 2. The number of methoxy groups -OCH3 is 1. The summed E-state index contributed by atoms with van der Waals surface area (Å²) in [5, 5.41) is 4.19. The summed E-state index contributed by atoms with van der Waals surface area (Å²) in [6, 6.07) is 7.50. The Morgan fingerprint density at radius 1 is 0.971 bits per heavy atom. The van der Waals surface area contributed by atoms with E-state index in [-0.39, 0.29) is 6.61 Å². The van der Waals surface area contributed by atoms with Gasteiger partial charge in [0.25, 0.3) is 0 Å². The van der Waals surface area contributed by atoms with Crippen LogP contribution in [-0.2, 0) is 19.6 Å². The van der Waals surface area contributed by atoms with E-state index in [1.807, 2.05) is 48.4 Å². The van der Waals surface area contributed by atoms with Crippen molar-refractivity contribution in [2.45, 2.75) is 25.6 Å². The van der Waals surface area contributed by atoms with E-state index in [4.69, 9.17) is 9.47 Å². The van der Waals surface area contributed by atoms with Crippen LogP contribution < -0.4 is 19.3 Å². The van der Waals surface area contributed by atoms with E-state index in [1.165, 1.54) is 19.2 Å². The molecule has 3 aromatic rings. The standard InChI is InChI=1S/C24H23F5N4O2/c1-16-10-21(34-3)22(11-20(16)33-9-8-32(15-33)19-12-30-31(2)13-19)35-14-17-4-6-18(7-5-17)23(25,26)24(27,28)29/h4-13H,14-15H2,1-3H3. The highest BCUT2D eigenvalue weighted by molar-refractivity contribution is 5.66. The minimum absolute atomic E-state index is 0.0472. The van der Waals surface area contributed by atoms with Gasteiger partial charge in [-0.25, -0.2) is 0 Å². The molecule has 0 unspecified atom stereocenters. The largest absolute Gasteiger partial charge is 0.493 e. The van der Waals surface area contributed by atoms with Crippen LogP contribution in [0.4, 0.5) is 33.3 Å². The Bertz CT molecular complexity index is 1220. The fourth-order valence-corrected chi connectivity index (χ4v) is 3.67. The summed E-state index contributed by atoms with van der Waals surface area (Å²) < 4.78 is 77.8. The smallest absolute Gasteiger partial charge is 0.458 e. The van der Waals surface area contributed by atoms with Crippen LogP contribution in [0.25, 0.3) is 0 Å². The fraction of sp³-hybridized carbons (Fsp3) is 0.292. The van der Waals surface area contributed by atoms with Crippen molar-refractivity contribution in [3.63, 3.8) is 0 Å². The maximum absolute atomic E-state index is 13.5. The number of alkyl halides is 5. The van der Waals surface area contributed by atoms with E-state index in [0.29, 0.717) is 23.7 Å². The molecule has 0 amide bonds. The van der Waals surface area contributed by atoms with Crippen LogP contribution in [0.1, 0.15) is 16.7 Å². The van der Waals surface area contributed by atoms with Crippen molar-refractivity contribution in [3.8, 4) is 11.5 Å². The van der Waals surface area contributed by atoms with Crippen molar-refractivity contribution in [2.24, 2.45) is 7.05 Å². The summed E-state index contributed by atoms with van der Waals surface area (Å²) in [6.45, 7) is 2.43. The minimum Gasteiger partial charge on any atom is -0.493 e. The second-order valence-electron chi connectivity index (χ2n) is 8.10. The van der Waals surface area contributed by atoms with E-state index >= 15 is 0 Å². The number of aryl methyl sites for hydroxylation is 2. The van der Waals surface area contributed by atoms with Crippen LogP contribution in [0.5, 0.6) is 11.5 Å². The maximum Gasteiger partial charge on any atom is 0.458 e. The number of benzene rings is 2. The zero-order valence-electron chi connectivity index (χ0n) is 19.2. The molecule has 1 aliphatic rings. The van der Waals surface area contributed by atoms with Crippen LogP contribution in [0.2, 0.25) is 0 Å². The summed E-state index contributed by atoms with van der Waals surface area (Å²) in [4.78, 5) is 4.04. The molecular weight excluding hydrogens is 471 g/mol. The normalized spacial score (nSPS) is 14.1. The first-order valence-electron chi connectivity index (χ1n) is 10.6. The predicted octanol–water partition coefficient (Wildman–Crippen LogP) is 5.73. The molecule has 35 heavy (non-hydrogen) atoms. The molecule has 0 spiro atoms. The zero-order chi connectivity index (χ0) is 25.4. The zero-order valence-corrected chi connectivity index (χ0v) is 19.2. The van der Waals surface area contributed by atoms with Crippen LogP contribution in [0.15, 0.2) is 61.2 Å². The molecule has 2 heterocycles. The number of hydrogen-bond acceptors (Lipinski definition) is 5. The molecule has 0 N–H and O–H groups in total. The molecule has 2 aromatic carbocycles. The summed E-state index contributed by atoms with van der Waals surface area (Å²) in [7, 11) is 3.34. The van der Waals surface area contributed by atoms with E-state index in [1.54, 1.807) is 16.9 Å². The Labute approximate surface area is 198 Å². The Morgan fingerprint density at radius 3 is 2.26 bits per heavy atom. The van der Waals surface area contributed by atoms with Crippen molar-refractivity contribution >= 4 is 11.4 Å². The van der Waals surface area contributed by atoms with E-state index in [0.717, 1.165) is 29.1 Å². The highest BCUT2D eigenvalue weighted by Crippen LogP contribution is 2.44. The van der Waals surface area contributed by atoms with Gasteiger partial charge < -0.3 is 19.3 Å². The monoisotopic (exact) mass is 494 g/mol. The minimum atomic E-state index is -5.66. The number of ether oxygens (including phenoxy) is 2. The first kappa shape index (κ1) is 24.4. The van der Waals surface area contributed by atoms with Crippen molar-refractivity contribution in [3.05, 3.63) is 77.9 Å². The number of anilines is 2. The van der Waals surface area contributed by atoms with Gasteiger partial charge in [0, 0.05) is 43.0 Å². The average Bonchev–Trinajstić information content (AvgIpc) is 3.46. The van der Waals surface area contributed by atoms with Gasteiger partial charge in [-0.15, -0.1) is 0 Å². The molecular formula is C24H23F5N4O2. The summed E-state index contributed by atoms with van der Waals surface area (Å²) in [5.41, 5.74) is 2.05. The topological polar surface area (TPSA) is 42.8 Å². The molecule has 0 atom stereocenters. The second kappa shape index (κ2) is 9.12. The molecule has 0 saturated heterocycles. The van der Waals surface area contributed by atoms with Crippen molar-refractivity contribution in [1.82, 2.24) is 9.78 Å². The van der Waals surface area contributed by atoms with Gasteiger partial charge in [0.05, 0.1) is 25.7 Å². The molecule has 1 aliphatic heterocycles. The van der Waals surface area contributed by atoms with Crippen LogP contribution in [0, 0.1) is 6.92 Å². The Balaban J connectivity index is 1.49. The fourth-order valence-electron chi connectivity index (χ4n) is 3.67. The first-order chi connectivity index (χ1) is 16.5. The number of nitrogens with zero attached hydrogens (tertiary/aromatic N) is 4. The molecule has 0 aliphatic carbocycles. The highest BCUT2D eigenvalue weighted by atomic mass is 19.4. The highest BCUT2D eigenvalue weighted by Gasteiger charge is 2.58. The molecule has 186 valence electrons. The quantitative estimate of drug-likeness (QED) is 0.393. The van der Waals surface area contributed by atoms with E-state index in [9.17, 15) is 22.0 Å². The summed E-state index contributed by atoms with van der Waals surface area (Å²) >= 11 is 0. The molecule has 6 nitrogen and oxygen atoms in total. The van der Waals surface area contributed by atoms with Gasteiger partial charge in [-0.3, -0.25) is 4.68 Å². The van der Waals surface area contributed by atoms with Gasteiger partial charge >= 0.3 is 12.1 Å². The lowest BCUT2D eigenvalue weighted by Gasteiger charge is -2.23. The Kier molecular flexibility index (Phi) is 6.35. The van der Waals surface area contributed by atoms with Gasteiger partial charge in [0.1, 0.15) is 6.61 Å². The van der Waals surface area contributed by atoms with Gasteiger partial charge in [-0.2, -0.15) is 27.1 Å². The van der Waals surface area contributed by atoms with Crippen LogP contribution in [-0.4, -0.2) is 29.7 Å². The lowest BCUT2D eigenvalue weighted by atomic mass is 10.1. The third kappa shape index (κ3) is 4.89. The molecule has 0 saturated carbocycles. The van der Waals surface area contributed by atoms with E-state index < -0.39 is 17.7 Å². The molecule has 11 heteroatoms. The SMILES string of the molecule is COc1cc(C)c(N2C=CN(c3cnn(C)c3)C2)cc1OCc1ccc(C(F)(F)C(F)(F)F)cc1. The third-order valence-corrected chi connectivity index (χ3v) is 5.61. The third-order valence-electron chi connectivity index (χ3n) is 5.61.